The van der Waals surface area contributed by atoms with Gasteiger partial charge >= 0.3 is 0 Å². The fraction of sp³-hybridized carbons (Fsp3) is 0.167. The van der Waals surface area contributed by atoms with Gasteiger partial charge in [0, 0.05) is 5.56 Å². The van der Waals surface area contributed by atoms with Crippen LogP contribution in [0.25, 0.3) is 0 Å². The van der Waals surface area contributed by atoms with E-state index >= 15 is 0 Å². The molecule has 8 nitrogen and oxygen atoms in total. The molecule has 0 atom stereocenters. The number of carbonyl (C=O) groups excluding carboxylic acids is 2. The topological polar surface area (TPSA) is 115 Å². The molecule has 33 heavy (non-hydrogen) atoms. The molecule has 0 saturated heterocycles. The maximum Gasteiger partial charge on any atom is 0.255 e. The quantitative estimate of drug-likeness (QED) is 0.426. The Morgan fingerprint density at radius 1 is 1.00 bits per heavy atom. The van der Waals surface area contributed by atoms with E-state index in [9.17, 15) is 9.59 Å². The number of anilines is 1. The Morgan fingerprint density at radius 2 is 1.70 bits per heavy atom. The molecule has 0 aliphatic carbocycles. The first-order valence-electron chi connectivity index (χ1n) is 9.96. The minimum atomic E-state index is -0.665. The molecule has 0 spiro atoms. The van der Waals surface area contributed by atoms with Crippen molar-refractivity contribution >= 4 is 40.5 Å². The van der Waals surface area contributed by atoms with Gasteiger partial charge in [-0.2, -0.15) is 5.11 Å². The molecular formula is C24H23ClN4O4. The van der Waals surface area contributed by atoms with Crippen LogP contribution in [0.4, 0.5) is 17.1 Å². The molecule has 3 aromatic carbocycles. The lowest BCUT2D eigenvalue weighted by Crippen LogP contribution is -2.20. The Bertz CT molecular complexity index is 1210. The van der Waals surface area contributed by atoms with Gasteiger partial charge in [0.15, 0.2) is 18.1 Å². The normalized spacial score (nSPS) is 10.8. The minimum Gasteiger partial charge on any atom is -0.493 e. The summed E-state index contributed by atoms with van der Waals surface area (Å²) in [7, 11) is 1.40. The number of benzene rings is 3. The first kappa shape index (κ1) is 23.7. The molecule has 3 N–H and O–H groups in total. The number of halogens is 1. The zero-order chi connectivity index (χ0) is 24.0. The standard InChI is InChI=1S/C24H23ClN4O4/c1-14-4-7-17(8-5-14)28-29-20-10-15(2)6-9-19(20)27-24(31)16-11-18(25)23(21(12-16)32-3)33-13-22(26)30/h4-12H,13H2,1-3H3,(H2,26,30)(H,27,31). The maximum absolute atomic E-state index is 12.9. The first-order valence-corrected chi connectivity index (χ1v) is 10.3. The van der Waals surface area contributed by atoms with Crippen molar-refractivity contribution in [3.05, 3.63) is 76.3 Å². The molecule has 2 amide bonds. The number of hydrogen-bond donors (Lipinski definition) is 2. The second-order valence-corrected chi connectivity index (χ2v) is 7.66. The molecule has 0 bridgehead atoms. The number of azo groups is 1. The molecule has 0 aliphatic heterocycles. The fourth-order valence-electron chi connectivity index (χ4n) is 2.88. The predicted octanol–water partition coefficient (Wildman–Crippen LogP) is 5.50. The average Bonchev–Trinajstić information content (AvgIpc) is 2.78. The van der Waals surface area contributed by atoms with Crippen molar-refractivity contribution in [1.82, 2.24) is 0 Å². The van der Waals surface area contributed by atoms with Crippen molar-refractivity contribution < 1.29 is 19.1 Å². The lowest BCUT2D eigenvalue weighted by molar-refractivity contribution is -0.119. The van der Waals surface area contributed by atoms with Crippen LogP contribution < -0.4 is 20.5 Å². The number of carbonyl (C=O) groups is 2. The summed E-state index contributed by atoms with van der Waals surface area (Å²) in [5, 5.41) is 11.5. The summed E-state index contributed by atoms with van der Waals surface area (Å²) >= 11 is 6.25. The number of methoxy groups -OCH3 is 1. The molecule has 0 aliphatic rings. The highest BCUT2D eigenvalue weighted by Crippen LogP contribution is 2.37. The number of amides is 2. The smallest absolute Gasteiger partial charge is 0.255 e. The summed E-state index contributed by atoms with van der Waals surface area (Å²) in [5.74, 6) is -0.788. The SMILES string of the molecule is COc1cc(C(=O)Nc2ccc(C)cc2N=Nc2ccc(C)cc2)cc(Cl)c1OCC(N)=O. The molecule has 0 saturated carbocycles. The maximum atomic E-state index is 12.9. The Labute approximate surface area is 196 Å². The van der Waals surface area contributed by atoms with Gasteiger partial charge < -0.3 is 20.5 Å². The molecule has 9 heteroatoms. The third-order valence-corrected chi connectivity index (χ3v) is 4.84. The highest BCUT2D eigenvalue weighted by molar-refractivity contribution is 6.32. The minimum absolute atomic E-state index is 0.101. The van der Waals surface area contributed by atoms with Gasteiger partial charge in [-0.15, -0.1) is 5.11 Å². The van der Waals surface area contributed by atoms with E-state index in [-0.39, 0.29) is 28.7 Å². The van der Waals surface area contributed by atoms with Crippen molar-refractivity contribution in [2.24, 2.45) is 16.0 Å². The van der Waals surface area contributed by atoms with E-state index in [0.717, 1.165) is 11.1 Å². The van der Waals surface area contributed by atoms with Crippen LogP contribution in [0.15, 0.2) is 64.8 Å². The number of aryl methyl sites for hydroxylation is 2. The Morgan fingerprint density at radius 3 is 2.36 bits per heavy atom. The summed E-state index contributed by atoms with van der Waals surface area (Å²) in [5.41, 5.74) is 9.10. The van der Waals surface area contributed by atoms with Crippen LogP contribution in [0.3, 0.4) is 0 Å². The molecule has 0 unspecified atom stereocenters. The van der Waals surface area contributed by atoms with Gasteiger partial charge in [-0.25, -0.2) is 0 Å². The van der Waals surface area contributed by atoms with E-state index in [0.29, 0.717) is 17.1 Å². The molecule has 3 rings (SSSR count). The van der Waals surface area contributed by atoms with E-state index in [1.807, 2.05) is 50.2 Å². The molecule has 0 fully saturated rings. The molecule has 0 heterocycles. The van der Waals surface area contributed by atoms with Crippen LogP contribution in [0.5, 0.6) is 11.5 Å². The molecule has 3 aromatic rings. The van der Waals surface area contributed by atoms with Gasteiger partial charge in [-0.1, -0.05) is 35.4 Å². The number of primary amides is 1. The van der Waals surface area contributed by atoms with E-state index in [4.69, 9.17) is 26.8 Å². The molecular weight excluding hydrogens is 444 g/mol. The summed E-state index contributed by atoms with van der Waals surface area (Å²) < 4.78 is 10.6. The number of nitrogens with one attached hydrogen (secondary N) is 1. The van der Waals surface area contributed by atoms with Crippen LogP contribution in [0.2, 0.25) is 5.02 Å². The monoisotopic (exact) mass is 466 g/mol. The molecule has 0 aromatic heterocycles. The van der Waals surface area contributed by atoms with Crippen molar-refractivity contribution in [1.29, 1.82) is 0 Å². The third-order valence-electron chi connectivity index (χ3n) is 4.56. The predicted molar refractivity (Wildman–Crippen MR) is 127 cm³/mol. The lowest BCUT2D eigenvalue weighted by Gasteiger charge is -2.14. The van der Waals surface area contributed by atoms with Crippen LogP contribution in [0, 0.1) is 13.8 Å². The number of nitrogens with zero attached hydrogens (tertiary/aromatic N) is 2. The summed E-state index contributed by atoms with van der Waals surface area (Å²) in [6.07, 6.45) is 0. The van der Waals surface area contributed by atoms with Gasteiger partial charge in [0.05, 0.1) is 23.5 Å². The number of hydrogen-bond acceptors (Lipinski definition) is 6. The Balaban J connectivity index is 1.86. The van der Waals surface area contributed by atoms with E-state index in [1.54, 1.807) is 6.07 Å². The van der Waals surface area contributed by atoms with Crippen LogP contribution in [-0.4, -0.2) is 25.5 Å². The zero-order valence-corrected chi connectivity index (χ0v) is 19.1. The van der Waals surface area contributed by atoms with Crippen molar-refractivity contribution in [2.45, 2.75) is 13.8 Å². The van der Waals surface area contributed by atoms with Gasteiger partial charge in [-0.3, -0.25) is 9.59 Å². The van der Waals surface area contributed by atoms with Crippen LogP contribution in [0.1, 0.15) is 21.5 Å². The van der Waals surface area contributed by atoms with Crippen LogP contribution >= 0.6 is 11.6 Å². The second kappa shape index (κ2) is 10.6. The fourth-order valence-corrected chi connectivity index (χ4v) is 3.15. The Kier molecular flexibility index (Phi) is 7.63. The highest BCUT2D eigenvalue weighted by Gasteiger charge is 2.17. The molecule has 0 radical (unpaired) electrons. The van der Waals surface area contributed by atoms with Gasteiger partial charge in [0.25, 0.3) is 11.8 Å². The number of nitrogens with two attached hydrogens (primary N) is 1. The first-order chi connectivity index (χ1) is 15.8. The third kappa shape index (κ3) is 6.30. The van der Waals surface area contributed by atoms with Crippen LogP contribution in [-0.2, 0) is 4.79 Å². The number of rotatable bonds is 8. The van der Waals surface area contributed by atoms with Gasteiger partial charge in [0.1, 0.15) is 5.69 Å². The van der Waals surface area contributed by atoms with Crippen molar-refractivity contribution in [3.63, 3.8) is 0 Å². The lowest BCUT2D eigenvalue weighted by atomic mass is 10.1. The van der Waals surface area contributed by atoms with E-state index in [2.05, 4.69) is 15.5 Å². The van der Waals surface area contributed by atoms with Crippen molar-refractivity contribution in [2.75, 3.05) is 19.0 Å². The highest BCUT2D eigenvalue weighted by atomic mass is 35.5. The summed E-state index contributed by atoms with van der Waals surface area (Å²) in [6.45, 7) is 3.54. The Hall–Kier alpha value is -3.91. The largest absolute Gasteiger partial charge is 0.493 e. The van der Waals surface area contributed by atoms with E-state index in [1.165, 1.54) is 19.2 Å². The number of ether oxygens (including phenoxy) is 2. The summed E-state index contributed by atoms with van der Waals surface area (Å²) in [6, 6.07) is 15.9. The van der Waals surface area contributed by atoms with E-state index < -0.39 is 11.8 Å². The van der Waals surface area contributed by atoms with Gasteiger partial charge in [0.2, 0.25) is 0 Å². The average molecular weight is 467 g/mol. The second-order valence-electron chi connectivity index (χ2n) is 7.25. The van der Waals surface area contributed by atoms with Gasteiger partial charge in [-0.05, 0) is 55.8 Å². The summed E-state index contributed by atoms with van der Waals surface area (Å²) in [4.78, 5) is 24.0. The zero-order valence-electron chi connectivity index (χ0n) is 18.4. The van der Waals surface area contributed by atoms with Crippen molar-refractivity contribution in [3.8, 4) is 11.5 Å². The molecule has 170 valence electrons.